The van der Waals surface area contributed by atoms with Crippen LogP contribution in [0.4, 0.5) is 0 Å². The fraction of sp³-hybridized carbons (Fsp3) is 0.0541. The normalized spacial score (nSPS) is 12.5. The van der Waals surface area contributed by atoms with E-state index in [-0.39, 0.29) is 33.0 Å². The second kappa shape index (κ2) is 18.1. The van der Waals surface area contributed by atoms with E-state index in [0.717, 1.165) is 0 Å². The van der Waals surface area contributed by atoms with E-state index in [4.69, 9.17) is 25.3 Å². The summed E-state index contributed by atoms with van der Waals surface area (Å²) in [5.41, 5.74) is 2.12. The van der Waals surface area contributed by atoms with Crippen molar-refractivity contribution in [2.75, 3.05) is 13.3 Å². The average molecular weight is 751 g/mol. The summed E-state index contributed by atoms with van der Waals surface area (Å²) in [5, 5.41) is 37.3. The molecule has 0 saturated heterocycles. The molecule has 0 spiro atoms. The van der Waals surface area contributed by atoms with Crippen LogP contribution in [0.25, 0.3) is 0 Å². The molecule has 8 nitrogen and oxygen atoms in total. The molecule has 249 valence electrons. The number of hydrogen-bond donors (Lipinski definition) is 3. The molecule has 5 rings (SSSR count). The first-order valence-electron chi connectivity index (χ1n) is 14.9. The summed E-state index contributed by atoms with van der Waals surface area (Å²) >= 11 is 11.0. The molecule has 3 N–H and O–H groups in total. The zero-order valence-electron chi connectivity index (χ0n) is 26.3. The first-order chi connectivity index (χ1) is 23.4. The van der Waals surface area contributed by atoms with Gasteiger partial charge >= 0.3 is 23.0 Å². The number of rotatable bonds is 11. The molecule has 0 aliphatic heterocycles. The predicted molar refractivity (Wildman–Crippen MR) is 205 cm³/mol. The van der Waals surface area contributed by atoms with E-state index in [2.05, 4.69) is 104 Å². The van der Waals surface area contributed by atoms with Gasteiger partial charge in [-0.3, -0.25) is 0 Å². The van der Waals surface area contributed by atoms with Crippen LogP contribution in [0, 0.1) is 0 Å². The third-order valence-electron chi connectivity index (χ3n) is 7.43. The van der Waals surface area contributed by atoms with Gasteiger partial charge in [0, 0.05) is 23.3 Å². The number of nitrogens with one attached hydrogen (secondary N) is 2. The van der Waals surface area contributed by atoms with Crippen LogP contribution in [0.15, 0.2) is 166 Å². The Morgan fingerprint density at radius 3 is 1.35 bits per heavy atom. The summed E-state index contributed by atoms with van der Waals surface area (Å²) in [6.07, 6.45) is 0.507. The molecular weight excluding hydrogens is 719 g/mol. The number of benzene rings is 5. The second-order valence-corrected chi connectivity index (χ2v) is 14.6. The van der Waals surface area contributed by atoms with E-state index >= 15 is 0 Å². The molecule has 5 aromatic carbocycles. The minimum absolute atomic E-state index is 0. The van der Waals surface area contributed by atoms with Crippen molar-refractivity contribution >= 4 is 76.2 Å². The molecule has 0 unspecified atom stereocenters. The zero-order chi connectivity index (χ0) is 33.8. The van der Waals surface area contributed by atoms with Gasteiger partial charge in [-0.15, -0.1) is 10.2 Å². The van der Waals surface area contributed by atoms with Crippen LogP contribution in [0.5, 0.6) is 0 Å². The minimum atomic E-state index is -2.23. The molecule has 0 fully saturated rings. The van der Waals surface area contributed by atoms with Gasteiger partial charge in [0.15, 0.2) is 0 Å². The summed E-state index contributed by atoms with van der Waals surface area (Å²) in [4.78, 5) is 11.5. The van der Waals surface area contributed by atoms with Crippen molar-refractivity contribution in [2.45, 2.75) is 0 Å². The fourth-order valence-corrected chi connectivity index (χ4v) is 9.21. The van der Waals surface area contributed by atoms with E-state index in [1.807, 2.05) is 48.5 Å². The Balaban J connectivity index is 0.00000541. The van der Waals surface area contributed by atoms with Crippen LogP contribution < -0.4 is 26.5 Å². The van der Waals surface area contributed by atoms with Crippen molar-refractivity contribution in [1.29, 1.82) is 0 Å². The van der Waals surface area contributed by atoms with Gasteiger partial charge in [0.05, 0.1) is 5.56 Å². The zero-order valence-corrected chi connectivity index (χ0v) is 29.7. The van der Waals surface area contributed by atoms with Gasteiger partial charge in [0.25, 0.3) is 0 Å². The number of aromatic carboxylic acids is 1. The summed E-state index contributed by atoms with van der Waals surface area (Å²) in [7, 11) is -0.583. The van der Waals surface area contributed by atoms with Crippen molar-refractivity contribution in [2.24, 2.45) is 20.4 Å². The SMILES string of the molecule is CN/C([S-])=N/N=C(/C(=N/N=C(\[S-])NC[P+](c1ccccc1)(c1ccccc1)c1ccccc1)c1ccccc1)c1ccc(C(=O)O)cc1.[Cu+2]. The monoisotopic (exact) mass is 750 g/mol. The van der Waals surface area contributed by atoms with Gasteiger partial charge < -0.3 is 41.0 Å². The van der Waals surface area contributed by atoms with E-state index in [1.165, 1.54) is 28.0 Å². The Kier molecular flexibility index (Phi) is 13.7. The van der Waals surface area contributed by atoms with Gasteiger partial charge in [-0.2, -0.15) is 10.2 Å². The Hall–Kier alpha value is -4.76. The molecule has 0 amide bonds. The van der Waals surface area contributed by atoms with E-state index in [1.54, 1.807) is 19.2 Å². The van der Waals surface area contributed by atoms with Crippen LogP contribution >= 0.6 is 7.26 Å². The predicted octanol–water partition coefficient (Wildman–Crippen LogP) is 5.06. The smallest absolute Gasteiger partial charge is 0.741 e. The molecule has 0 bridgehead atoms. The second-order valence-electron chi connectivity index (χ2n) is 10.4. The third kappa shape index (κ3) is 9.23. The van der Waals surface area contributed by atoms with Gasteiger partial charge in [-0.1, -0.05) is 97.1 Å². The Morgan fingerprint density at radius 2 is 0.939 bits per heavy atom. The molecule has 0 saturated carbocycles. The maximum absolute atomic E-state index is 11.5. The van der Waals surface area contributed by atoms with Crippen LogP contribution in [-0.2, 0) is 42.3 Å². The summed E-state index contributed by atoms with van der Waals surface area (Å²) in [6, 6.07) is 47.1. The van der Waals surface area contributed by atoms with Crippen molar-refractivity contribution in [3.05, 3.63) is 162 Å². The van der Waals surface area contributed by atoms with Crippen LogP contribution in [0.3, 0.4) is 0 Å². The Morgan fingerprint density at radius 1 is 0.571 bits per heavy atom. The summed E-state index contributed by atoms with van der Waals surface area (Å²) < 4.78 is 0. The molecule has 0 aliphatic rings. The van der Waals surface area contributed by atoms with E-state index in [9.17, 15) is 9.90 Å². The van der Waals surface area contributed by atoms with Gasteiger partial charge in [-0.25, -0.2) is 4.79 Å². The van der Waals surface area contributed by atoms with Gasteiger partial charge in [-0.05, 0) is 53.7 Å². The topological polar surface area (TPSA) is 111 Å². The quantitative estimate of drug-likeness (QED) is 0.0435. The molecule has 0 heterocycles. The Bertz CT molecular complexity index is 1850. The molecule has 49 heavy (non-hydrogen) atoms. The first kappa shape index (κ1) is 37.1. The maximum Gasteiger partial charge on any atom is 2.00 e. The standard InChI is InChI=1S/C37H33N6O2PS2.Cu/c1-38-36(47)42-40-34(28-22-24-29(25-23-28)35(44)45)33(27-14-6-2-7-15-27)41-43-37(48)39-26-46(30-16-8-3-9-17-30,31-18-10-4-11-19-31)32-20-12-5-13-21-32;/h2-25H,26H2,1H3,(H4-,38,39,40,41,42,43,44,45,47,48);/q;+2/p-1. The first-order valence-corrected chi connectivity index (χ1v) is 17.7. The molecule has 0 atom stereocenters. The molecule has 5 aromatic rings. The van der Waals surface area contributed by atoms with E-state index < -0.39 is 13.2 Å². The van der Waals surface area contributed by atoms with Crippen molar-refractivity contribution < 1.29 is 27.0 Å². The van der Waals surface area contributed by atoms with Crippen LogP contribution in [0.1, 0.15) is 21.5 Å². The molecule has 0 aromatic heterocycles. The van der Waals surface area contributed by atoms with Gasteiger partial charge in [0.2, 0.25) is 0 Å². The average Bonchev–Trinajstić information content (AvgIpc) is 3.14. The van der Waals surface area contributed by atoms with Crippen LogP contribution in [0.2, 0.25) is 0 Å². The molecule has 1 radical (unpaired) electrons. The van der Waals surface area contributed by atoms with Crippen molar-refractivity contribution in [1.82, 2.24) is 10.6 Å². The van der Waals surface area contributed by atoms with E-state index in [0.29, 0.717) is 28.8 Å². The number of amidine groups is 2. The number of hydrogen-bond acceptors (Lipinski definition) is 7. The maximum atomic E-state index is 11.5. The largest absolute Gasteiger partial charge is 2.00 e. The van der Waals surface area contributed by atoms with Crippen LogP contribution in [-0.4, -0.2) is 46.2 Å². The number of carbonyl (C=O) groups is 1. The summed E-state index contributed by atoms with van der Waals surface area (Å²) in [6.45, 7) is 0. The number of carboxylic acids is 1. The van der Waals surface area contributed by atoms with Gasteiger partial charge in [0.1, 0.15) is 40.9 Å². The Labute approximate surface area is 308 Å². The summed E-state index contributed by atoms with van der Waals surface area (Å²) in [5.74, 6) is -1.04. The van der Waals surface area contributed by atoms with Crippen molar-refractivity contribution in [3.63, 3.8) is 0 Å². The third-order valence-corrected chi connectivity index (χ3v) is 12.1. The molecule has 0 aliphatic carbocycles. The molecular formula is C37H32CuN6O2PS2+. The number of carboxylic acid groups (broad SMARTS) is 1. The van der Waals surface area contributed by atoms with Crippen molar-refractivity contribution in [3.8, 4) is 0 Å². The minimum Gasteiger partial charge on any atom is -0.741 e. The fourth-order valence-electron chi connectivity index (χ4n) is 5.08. The molecule has 12 heteroatoms. The number of nitrogens with zero attached hydrogens (tertiary/aromatic N) is 4.